The minimum Gasteiger partial charge on any atom is -0.384 e. The fourth-order valence-corrected chi connectivity index (χ4v) is 3.49. The molecule has 4 nitrogen and oxygen atoms in total. The van der Waals surface area contributed by atoms with Gasteiger partial charge in [-0.3, -0.25) is 4.79 Å². The predicted octanol–water partition coefficient (Wildman–Crippen LogP) is 4.09. The summed E-state index contributed by atoms with van der Waals surface area (Å²) < 4.78 is 0. The van der Waals surface area contributed by atoms with Crippen LogP contribution < -0.4 is 15.5 Å². The monoisotopic (exact) mass is 331 g/mol. The molecule has 2 rings (SSSR count). The van der Waals surface area contributed by atoms with E-state index in [-0.39, 0.29) is 5.91 Å². The second-order valence-corrected chi connectivity index (χ2v) is 6.75. The molecule has 1 amide bonds. The van der Waals surface area contributed by atoms with Gasteiger partial charge in [0.25, 0.3) is 0 Å². The average Bonchev–Trinajstić information content (AvgIpc) is 2.59. The van der Waals surface area contributed by atoms with Gasteiger partial charge in [-0.2, -0.15) is 0 Å². The van der Waals surface area contributed by atoms with Crippen LogP contribution in [0.25, 0.3) is 0 Å². The molecule has 1 aliphatic carbocycles. The van der Waals surface area contributed by atoms with E-state index >= 15 is 0 Å². The van der Waals surface area contributed by atoms with Gasteiger partial charge >= 0.3 is 0 Å². The van der Waals surface area contributed by atoms with Crippen molar-refractivity contribution in [3.05, 3.63) is 23.8 Å². The molecule has 4 heteroatoms. The quantitative estimate of drug-likeness (QED) is 0.754. The van der Waals surface area contributed by atoms with Crippen molar-refractivity contribution in [1.29, 1.82) is 0 Å². The maximum atomic E-state index is 12.0. The van der Waals surface area contributed by atoms with Crippen molar-refractivity contribution >= 4 is 17.3 Å². The molecule has 0 unspecified atom stereocenters. The van der Waals surface area contributed by atoms with E-state index in [2.05, 4.69) is 54.5 Å². The van der Waals surface area contributed by atoms with Crippen molar-refractivity contribution in [3.8, 4) is 0 Å². The van der Waals surface area contributed by atoms with E-state index in [9.17, 15) is 4.79 Å². The van der Waals surface area contributed by atoms with Crippen molar-refractivity contribution in [3.63, 3.8) is 0 Å². The summed E-state index contributed by atoms with van der Waals surface area (Å²) in [7, 11) is 0. The normalized spacial score (nSPS) is 15.1. The van der Waals surface area contributed by atoms with Crippen LogP contribution in [0.15, 0.2) is 18.2 Å². The van der Waals surface area contributed by atoms with Crippen LogP contribution in [0, 0.1) is 6.92 Å². The van der Waals surface area contributed by atoms with Crippen molar-refractivity contribution in [2.45, 2.75) is 65.3 Å². The topological polar surface area (TPSA) is 44.4 Å². The minimum absolute atomic E-state index is 0.173. The number of nitrogens with one attached hydrogen (secondary N) is 2. The highest BCUT2D eigenvalue weighted by molar-refractivity contribution is 5.77. The standard InChI is InChI=1S/C20H33N3O/c1-4-23(5-2)18-11-12-19(16(3)15-18)21-14-13-20(24)22-17-9-7-6-8-10-17/h11-12,15,17,21H,4-10,13-14H2,1-3H3,(H,22,24). The fourth-order valence-electron chi connectivity index (χ4n) is 3.49. The predicted molar refractivity (Wildman–Crippen MR) is 103 cm³/mol. The van der Waals surface area contributed by atoms with Gasteiger partial charge in [0.05, 0.1) is 0 Å². The Balaban J connectivity index is 1.78. The highest BCUT2D eigenvalue weighted by atomic mass is 16.1. The first-order valence-corrected chi connectivity index (χ1v) is 9.52. The molecule has 1 saturated carbocycles. The Hall–Kier alpha value is -1.71. The second-order valence-electron chi connectivity index (χ2n) is 6.75. The Labute approximate surface area is 147 Å². The van der Waals surface area contributed by atoms with Gasteiger partial charge in [0.15, 0.2) is 0 Å². The number of hydrogen-bond donors (Lipinski definition) is 2. The number of aryl methyl sites for hydroxylation is 1. The molecule has 1 aromatic carbocycles. The highest BCUT2D eigenvalue weighted by Gasteiger charge is 2.15. The molecule has 24 heavy (non-hydrogen) atoms. The lowest BCUT2D eigenvalue weighted by Gasteiger charge is -2.23. The number of nitrogens with zero attached hydrogens (tertiary/aromatic N) is 1. The van der Waals surface area contributed by atoms with Gasteiger partial charge in [-0.25, -0.2) is 0 Å². The van der Waals surface area contributed by atoms with Gasteiger partial charge < -0.3 is 15.5 Å². The third kappa shape index (κ3) is 5.43. The van der Waals surface area contributed by atoms with Gasteiger partial charge in [-0.15, -0.1) is 0 Å². The molecular formula is C20H33N3O. The molecule has 0 aromatic heterocycles. The minimum atomic E-state index is 0.173. The lowest BCUT2D eigenvalue weighted by atomic mass is 9.95. The van der Waals surface area contributed by atoms with Crippen LogP contribution in [-0.2, 0) is 4.79 Å². The molecule has 1 aromatic rings. The maximum Gasteiger partial charge on any atom is 0.221 e. The van der Waals surface area contributed by atoms with Crippen LogP contribution in [0.1, 0.15) is 57.9 Å². The third-order valence-electron chi connectivity index (χ3n) is 4.98. The number of carbonyl (C=O) groups excluding carboxylic acids is 1. The average molecular weight is 332 g/mol. The molecule has 1 fully saturated rings. The zero-order valence-electron chi connectivity index (χ0n) is 15.5. The Morgan fingerprint density at radius 1 is 1.17 bits per heavy atom. The van der Waals surface area contributed by atoms with Crippen molar-refractivity contribution in [2.24, 2.45) is 0 Å². The Kier molecular flexibility index (Phi) is 7.41. The largest absolute Gasteiger partial charge is 0.384 e. The van der Waals surface area contributed by atoms with Gasteiger partial charge in [0.2, 0.25) is 5.91 Å². The SMILES string of the molecule is CCN(CC)c1ccc(NCCC(=O)NC2CCCCC2)c(C)c1. The molecule has 0 heterocycles. The lowest BCUT2D eigenvalue weighted by molar-refractivity contribution is -0.121. The Bertz CT molecular complexity index is 520. The summed E-state index contributed by atoms with van der Waals surface area (Å²) in [5.41, 5.74) is 3.61. The zero-order chi connectivity index (χ0) is 17.4. The van der Waals surface area contributed by atoms with Crippen molar-refractivity contribution in [2.75, 3.05) is 29.9 Å². The Morgan fingerprint density at radius 3 is 2.50 bits per heavy atom. The van der Waals surface area contributed by atoms with Crippen molar-refractivity contribution in [1.82, 2.24) is 5.32 Å². The van der Waals surface area contributed by atoms with E-state index in [1.165, 1.54) is 30.5 Å². The molecule has 0 saturated heterocycles. The van der Waals surface area contributed by atoms with Crippen LogP contribution in [0.2, 0.25) is 0 Å². The first-order valence-electron chi connectivity index (χ1n) is 9.52. The van der Waals surface area contributed by atoms with E-state index in [0.29, 0.717) is 19.0 Å². The molecule has 2 N–H and O–H groups in total. The first-order chi connectivity index (χ1) is 11.6. The summed E-state index contributed by atoms with van der Waals surface area (Å²) >= 11 is 0. The summed E-state index contributed by atoms with van der Waals surface area (Å²) in [4.78, 5) is 14.4. The lowest BCUT2D eigenvalue weighted by Crippen LogP contribution is -2.36. The van der Waals surface area contributed by atoms with Gasteiger partial charge in [0.1, 0.15) is 0 Å². The summed E-state index contributed by atoms with van der Waals surface area (Å²) in [6.45, 7) is 9.20. The van der Waals surface area contributed by atoms with E-state index in [1.807, 2.05) is 0 Å². The number of anilines is 2. The van der Waals surface area contributed by atoms with Crippen LogP contribution in [0.3, 0.4) is 0 Å². The molecule has 0 aliphatic heterocycles. The molecule has 0 spiro atoms. The van der Waals surface area contributed by atoms with E-state index in [0.717, 1.165) is 31.6 Å². The second kappa shape index (κ2) is 9.55. The fraction of sp³-hybridized carbons (Fsp3) is 0.650. The number of carbonyl (C=O) groups is 1. The summed E-state index contributed by atoms with van der Waals surface area (Å²) in [5.74, 6) is 0.173. The van der Waals surface area contributed by atoms with Crippen molar-refractivity contribution < 1.29 is 4.79 Å². The van der Waals surface area contributed by atoms with Crippen LogP contribution in [0.5, 0.6) is 0 Å². The smallest absolute Gasteiger partial charge is 0.221 e. The number of rotatable bonds is 8. The molecule has 1 aliphatic rings. The highest BCUT2D eigenvalue weighted by Crippen LogP contribution is 2.22. The summed E-state index contributed by atoms with van der Waals surface area (Å²) in [6.07, 6.45) is 6.64. The Morgan fingerprint density at radius 2 is 1.88 bits per heavy atom. The van der Waals surface area contributed by atoms with Crippen LogP contribution in [0.4, 0.5) is 11.4 Å². The van der Waals surface area contributed by atoms with Crippen LogP contribution >= 0.6 is 0 Å². The van der Waals surface area contributed by atoms with Crippen LogP contribution in [-0.4, -0.2) is 31.6 Å². The third-order valence-corrected chi connectivity index (χ3v) is 4.98. The number of hydrogen-bond acceptors (Lipinski definition) is 3. The molecular weight excluding hydrogens is 298 g/mol. The van der Waals surface area contributed by atoms with E-state index in [4.69, 9.17) is 0 Å². The molecule has 0 radical (unpaired) electrons. The van der Waals surface area contributed by atoms with E-state index < -0.39 is 0 Å². The van der Waals surface area contributed by atoms with Gasteiger partial charge in [-0.1, -0.05) is 19.3 Å². The molecule has 0 atom stereocenters. The number of amides is 1. The molecule has 0 bridgehead atoms. The first kappa shape index (κ1) is 18.6. The van der Waals surface area contributed by atoms with E-state index in [1.54, 1.807) is 0 Å². The maximum absolute atomic E-state index is 12.0. The summed E-state index contributed by atoms with van der Waals surface area (Å²) in [5, 5.41) is 6.58. The number of benzene rings is 1. The zero-order valence-corrected chi connectivity index (χ0v) is 15.5. The van der Waals surface area contributed by atoms with Gasteiger partial charge in [-0.05, 0) is 57.4 Å². The van der Waals surface area contributed by atoms with Gasteiger partial charge in [0, 0.05) is 43.5 Å². The summed E-state index contributed by atoms with van der Waals surface area (Å²) in [6, 6.07) is 6.91. The molecule has 134 valence electrons.